The summed E-state index contributed by atoms with van der Waals surface area (Å²) in [5, 5.41) is 0. The molecule has 0 spiro atoms. The topological polar surface area (TPSA) is 13.0 Å². The van der Waals surface area contributed by atoms with Crippen molar-refractivity contribution >= 4 is 0 Å². The van der Waals surface area contributed by atoms with Crippen LogP contribution in [0.1, 0.15) is 317 Å². The van der Waals surface area contributed by atoms with E-state index in [9.17, 15) is 0 Å². The van der Waals surface area contributed by atoms with Gasteiger partial charge in [0, 0.05) is 26.2 Å². The van der Waals surface area contributed by atoms with Gasteiger partial charge in [0.1, 0.15) is 0 Å². The van der Waals surface area contributed by atoms with Gasteiger partial charge in [-0.2, -0.15) is 0 Å². The fraction of sp³-hybridized carbons (Fsp3) is 1.00. The third kappa shape index (κ3) is 43.8. The third-order valence-corrected chi connectivity index (χ3v) is 15.9. The maximum absolute atomic E-state index is 2.92. The van der Waals surface area contributed by atoms with E-state index in [0.717, 1.165) is 5.92 Å². The molecule has 0 saturated carbocycles. The van der Waals surface area contributed by atoms with Crippen LogP contribution in [0.3, 0.4) is 0 Å². The maximum Gasteiger partial charge on any atom is 0.0110 e. The summed E-state index contributed by atoms with van der Waals surface area (Å²) in [7, 11) is 0. The molecule has 0 N–H and O–H groups in total. The molecule has 66 heavy (non-hydrogen) atoms. The van der Waals surface area contributed by atoms with Gasteiger partial charge in [-0.05, 0) is 110 Å². The summed E-state index contributed by atoms with van der Waals surface area (Å²) < 4.78 is 0. The summed E-state index contributed by atoms with van der Waals surface area (Å²) in [5.41, 5.74) is 0. The molecule has 0 aromatic rings. The van der Waals surface area contributed by atoms with Gasteiger partial charge in [0.25, 0.3) is 0 Å². The maximum atomic E-state index is 2.92. The Hall–Kier alpha value is -0.160. The summed E-state index contributed by atoms with van der Waals surface area (Å²) in [6.45, 7) is 27.6. The molecule has 0 radical (unpaired) electrons. The summed E-state index contributed by atoms with van der Waals surface area (Å²) in [6.07, 6.45) is 63.2. The molecular formula is C62H128N4. The van der Waals surface area contributed by atoms with Gasteiger partial charge >= 0.3 is 0 Å². The first kappa shape index (κ1) is 63.9. The van der Waals surface area contributed by atoms with Crippen LogP contribution in [-0.2, 0) is 0 Å². The van der Waals surface area contributed by atoms with Gasteiger partial charge in [-0.25, -0.2) is 0 Å². The molecule has 1 saturated heterocycles. The van der Waals surface area contributed by atoms with Crippen LogP contribution in [0.15, 0.2) is 0 Å². The van der Waals surface area contributed by atoms with Crippen LogP contribution in [-0.4, -0.2) is 98.1 Å². The Labute approximate surface area is 419 Å². The predicted octanol–water partition coefficient (Wildman–Crippen LogP) is 19.1. The monoisotopic (exact) mass is 929 g/mol. The minimum absolute atomic E-state index is 0.944. The quantitative estimate of drug-likeness (QED) is 0.0564. The van der Waals surface area contributed by atoms with E-state index < -0.39 is 0 Å². The lowest BCUT2D eigenvalue weighted by Crippen LogP contribution is -2.43. The first-order valence-corrected chi connectivity index (χ1v) is 31.6. The molecule has 0 unspecified atom stereocenters. The van der Waals surface area contributed by atoms with E-state index in [1.54, 1.807) is 0 Å². The zero-order valence-corrected chi connectivity index (χ0v) is 47.0. The molecule has 0 aromatic carbocycles. The molecule has 396 valence electrons. The Morgan fingerprint density at radius 1 is 0.258 bits per heavy atom. The zero-order chi connectivity index (χ0) is 47.5. The fourth-order valence-electron chi connectivity index (χ4n) is 11.0. The van der Waals surface area contributed by atoms with Gasteiger partial charge in [0.2, 0.25) is 0 Å². The van der Waals surface area contributed by atoms with E-state index in [-0.39, 0.29) is 0 Å². The second-order valence-electron chi connectivity index (χ2n) is 22.3. The lowest BCUT2D eigenvalue weighted by molar-refractivity contribution is 0.134. The van der Waals surface area contributed by atoms with E-state index in [0.29, 0.717) is 0 Å². The highest BCUT2D eigenvalue weighted by atomic mass is 15.2. The standard InChI is InChI=1S/C62H128N4/c1-6-11-16-21-26-28-30-35-40-42-50-63(51-43-41-36-31-29-27-22-17-12-7-2)55-47-62-48-56-66(57-49-62)61-60-65(54-46-39-34-25-20-15-10-5)59-58-64(52-44-37-32-23-18-13-8-3)53-45-38-33-24-19-14-9-4/h62H,6-61H2,1-5H3. The van der Waals surface area contributed by atoms with Crippen LogP contribution in [0.25, 0.3) is 0 Å². The average Bonchev–Trinajstić information content (AvgIpc) is 3.33. The minimum Gasteiger partial charge on any atom is -0.303 e. The van der Waals surface area contributed by atoms with Gasteiger partial charge in [-0.15, -0.1) is 0 Å². The molecule has 1 aliphatic rings. The number of unbranched alkanes of at least 4 members (excludes halogenated alkanes) is 36. The van der Waals surface area contributed by atoms with Crippen LogP contribution in [0.4, 0.5) is 0 Å². The molecule has 1 fully saturated rings. The highest BCUT2D eigenvalue weighted by Crippen LogP contribution is 2.22. The van der Waals surface area contributed by atoms with Crippen molar-refractivity contribution in [2.75, 3.05) is 78.5 Å². The van der Waals surface area contributed by atoms with Crippen molar-refractivity contribution in [2.45, 2.75) is 317 Å². The summed E-state index contributed by atoms with van der Waals surface area (Å²) >= 11 is 0. The highest BCUT2D eigenvalue weighted by molar-refractivity contribution is 4.76. The van der Waals surface area contributed by atoms with E-state index in [1.165, 1.54) is 361 Å². The second-order valence-corrected chi connectivity index (χ2v) is 22.3. The van der Waals surface area contributed by atoms with Crippen molar-refractivity contribution in [3.8, 4) is 0 Å². The van der Waals surface area contributed by atoms with Crippen LogP contribution >= 0.6 is 0 Å². The molecule has 0 aliphatic carbocycles. The molecular weight excluding hydrogens is 801 g/mol. The second kappa shape index (κ2) is 52.7. The van der Waals surface area contributed by atoms with Crippen molar-refractivity contribution in [2.24, 2.45) is 5.92 Å². The fourth-order valence-corrected chi connectivity index (χ4v) is 11.0. The molecule has 0 aromatic heterocycles. The van der Waals surface area contributed by atoms with Gasteiger partial charge < -0.3 is 19.6 Å². The lowest BCUT2D eigenvalue weighted by Gasteiger charge is -2.35. The molecule has 1 heterocycles. The van der Waals surface area contributed by atoms with Gasteiger partial charge in [0.05, 0.1) is 0 Å². The van der Waals surface area contributed by atoms with Crippen molar-refractivity contribution < 1.29 is 0 Å². The first-order valence-electron chi connectivity index (χ1n) is 31.6. The summed E-state index contributed by atoms with van der Waals surface area (Å²) in [6, 6.07) is 0. The first-order chi connectivity index (χ1) is 32.7. The molecule has 0 bridgehead atoms. The van der Waals surface area contributed by atoms with Crippen molar-refractivity contribution in [3.05, 3.63) is 0 Å². The van der Waals surface area contributed by atoms with Crippen LogP contribution in [0, 0.1) is 5.92 Å². The van der Waals surface area contributed by atoms with Gasteiger partial charge in [0.15, 0.2) is 0 Å². The Balaban J connectivity index is 2.63. The molecule has 0 atom stereocenters. The lowest BCUT2D eigenvalue weighted by atomic mass is 9.93. The van der Waals surface area contributed by atoms with E-state index >= 15 is 0 Å². The number of likely N-dealkylation sites (tertiary alicyclic amines) is 1. The van der Waals surface area contributed by atoms with Crippen LogP contribution in [0.5, 0.6) is 0 Å². The normalized spacial score (nSPS) is 14.0. The number of hydrogen-bond donors (Lipinski definition) is 0. The molecule has 0 amide bonds. The highest BCUT2D eigenvalue weighted by Gasteiger charge is 2.21. The molecule has 1 aliphatic heterocycles. The largest absolute Gasteiger partial charge is 0.303 e. The van der Waals surface area contributed by atoms with E-state index in [1.807, 2.05) is 0 Å². The summed E-state index contributed by atoms with van der Waals surface area (Å²) in [5.74, 6) is 0.944. The Morgan fingerprint density at radius 2 is 0.485 bits per heavy atom. The number of nitrogens with zero attached hydrogens (tertiary/aromatic N) is 4. The minimum atomic E-state index is 0.944. The molecule has 1 rings (SSSR count). The predicted molar refractivity (Wildman–Crippen MR) is 301 cm³/mol. The molecule has 4 nitrogen and oxygen atoms in total. The van der Waals surface area contributed by atoms with Gasteiger partial charge in [-0.3, -0.25) is 0 Å². The Bertz CT molecular complexity index is 845. The number of piperidine rings is 1. The van der Waals surface area contributed by atoms with E-state index in [2.05, 4.69) is 54.2 Å². The summed E-state index contributed by atoms with van der Waals surface area (Å²) in [4.78, 5) is 11.6. The number of rotatable bonds is 55. The zero-order valence-electron chi connectivity index (χ0n) is 47.0. The SMILES string of the molecule is CCCCCCCCCCCCN(CCCCCCCCCCCC)CCC1CCN(CCN(CCCCCCCCC)CCN(CCCCCCCCC)CCCCCCCCC)CC1. The molecule has 4 heteroatoms. The van der Waals surface area contributed by atoms with Crippen molar-refractivity contribution in [3.63, 3.8) is 0 Å². The van der Waals surface area contributed by atoms with Crippen LogP contribution in [0.2, 0.25) is 0 Å². The number of hydrogen-bond acceptors (Lipinski definition) is 4. The third-order valence-electron chi connectivity index (χ3n) is 15.9. The van der Waals surface area contributed by atoms with Gasteiger partial charge in [-0.1, -0.05) is 266 Å². The van der Waals surface area contributed by atoms with E-state index in [4.69, 9.17) is 0 Å². The Morgan fingerprint density at radius 3 is 0.758 bits per heavy atom. The average molecular weight is 930 g/mol. The van der Waals surface area contributed by atoms with Crippen molar-refractivity contribution in [1.29, 1.82) is 0 Å². The van der Waals surface area contributed by atoms with Crippen molar-refractivity contribution in [1.82, 2.24) is 19.6 Å². The smallest absolute Gasteiger partial charge is 0.0110 e. The Kier molecular flexibility index (Phi) is 50.9. The van der Waals surface area contributed by atoms with Crippen LogP contribution < -0.4 is 0 Å².